The van der Waals surface area contributed by atoms with Gasteiger partial charge in [0.15, 0.2) is 5.65 Å². The predicted molar refractivity (Wildman–Crippen MR) is 46.0 cm³/mol. The van der Waals surface area contributed by atoms with Crippen molar-refractivity contribution in [3.8, 4) is 0 Å². The molecule has 0 amide bonds. The number of fused-ring (bicyclic) bond motifs is 1. The molecule has 4 heteroatoms. The summed E-state index contributed by atoms with van der Waals surface area (Å²) in [6.07, 6.45) is 1.68. The van der Waals surface area contributed by atoms with Gasteiger partial charge in [0.2, 0.25) is 0 Å². The zero-order chi connectivity index (χ0) is 8.72. The van der Waals surface area contributed by atoms with Crippen LogP contribution < -0.4 is 5.69 Å². The van der Waals surface area contributed by atoms with Gasteiger partial charge in [0.1, 0.15) is 0 Å². The molecule has 12 heavy (non-hydrogen) atoms. The molecule has 0 saturated carbocycles. The third kappa shape index (κ3) is 0.717. The summed E-state index contributed by atoms with van der Waals surface area (Å²) in [6.45, 7) is 0. The largest absolute Gasteiger partial charge is 0.329 e. The minimum Gasteiger partial charge on any atom is -0.293 e. The summed E-state index contributed by atoms with van der Waals surface area (Å²) in [5.41, 5.74) is 1.55. The van der Waals surface area contributed by atoms with E-state index in [0.29, 0.717) is 0 Å². The average Bonchev–Trinajstić information content (AvgIpc) is 2.33. The quantitative estimate of drug-likeness (QED) is 0.559. The fraction of sp³-hybridized carbons (Fsp3) is 0.250. The number of aromatic nitrogens is 3. The number of pyridine rings is 1. The molecule has 0 aromatic carbocycles. The molecule has 4 nitrogen and oxygen atoms in total. The van der Waals surface area contributed by atoms with E-state index in [2.05, 4.69) is 4.98 Å². The third-order valence-electron chi connectivity index (χ3n) is 2.02. The Morgan fingerprint density at radius 1 is 1.33 bits per heavy atom. The first-order valence-electron chi connectivity index (χ1n) is 3.68. The van der Waals surface area contributed by atoms with Crippen molar-refractivity contribution in [2.45, 2.75) is 0 Å². The molecule has 0 aliphatic rings. The number of aryl methyl sites for hydroxylation is 2. The number of rotatable bonds is 0. The lowest BCUT2D eigenvalue weighted by Gasteiger charge is -1.89. The van der Waals surface area contributed by atoms with E-state index < -0.39 is 0 Å². The fourth-order valence-electron chi connectivity index (χ4n) is 1.33. The zero-order valence-electron chi connectivity index (χ0n) is 6.98. The smallest absolute Gasteiger partial charge is 0.293 e. The third-order valence-corrected chi connectivity index (χ3v) is 2.02. The lowest BCUT2D eigenvalue weighted by molar-refractivity contribution is 0.791. The van der Waals surface area contributed by atoms with Crippen molar-refractivity contribution >= 4 is 11.2 Å². The van der Waals surface area contributed by atoms with Crippen LogP contribution in [0.5, 0.6) is 0 Å². The molecule has 0 aliphatic carbocycles. The van der Waals surface area contributed by atoms with Gasteiger partial charge in [-0.05, 0) is 12.1 Å². The number of imidazole rings is 1. The Hall–Kier alpha value is -1.58. The second-order valence-electron chi connectivity index (χ2n) is 2.75. The van der Waals surface area contributed by atoms with Gasteiger partial charge in [0.05, 0.1) is 5.52 Å². The highest BCUT2D eigenvalue weighted by molar-refractivity contribution is 5.70. The van der Waals surface area contributed by atoms with Crippen LogP contribution in [0.15, 0.2) is 23.1 Å². The van der Waals surface area contributed by atoms with Crippen LogP contribution in [0.2, 0.25) is 0 Å². The standard InChI is InChI=1S/C8H9N3O/c1-10-6-4-3-5-9-7(6)11(2)8(10)12/h3-5H,1-2H3. The molecule has 0 radical (unpaired) electrons. The highest BCUT2D eigenvalue weighted by Gasteiger charge is 2.05. The molecule has 0 bridgehead atoms. The van der Waals surface area contributed by atoms with E-state index in [-0.39, 0.29) is 5.69 Å². The van der Waals surface area contributed by atoms with Gasteiger partial charge < -0.3 is 0 Å². The Bertz CT molecular complexity index is 438. The van der Waals surface area contributed by atoms with Crippen LogP contribution in [-0.2, 0) is 14.1 Å². The summed E-state index contributed by atoms with van der Waals surface area (Å²) < 4.78 is 3.12. The maximum absolute atomic E-state index is 11.4. The van der Waals surface area contributed by atoms with E-state index in [0.717, 1.165) is 11.2 Å². The van der Waals surface area contributed by atoms with E-state index in [1.165, 1.54) is 4.57 Å². The van der Waals surface area contributed by atoms with E-state index >= 15 is 0 Å². The first-order valence-corrected chi connectivity index (χ1v) is 3.68. The van der Waals surface area contributed by atoms with Crippen LogP contribution in [0, 0.1) is 0 Å². The minimum atomic E-state index is -0.0382. The van der Waals surface area contributed by atoms with Crippen molar-refractivity contribution in [2.75, 3.05) is 0 Å². The van der Waals surface area contributed by atoms with Gasteiger partial charge in [-0.25, -0.2) is 9.78 Å². The molecule has 0 N–H and O–H groups in total. The fourth-order valence-corrected chi connectivity index (χ4v) is 1.33. The Morgan fingerprint density at radius 2 is 2.08 bits per heavy atom. The van der Waals surface area contributed by atoms with Crippen molar-refractivity contribution in [3.05, 3.63) is 28.8 Å². The van der Waals surface area contributed by atoms with Gasteiger partial charge in [0, 0.05) is 20.3 Å². The van der Waals surface area contributed by atoms with Crippen LogP contribution in [0.25, 0.3) is 11.2 Å². The molecule has 2 rings (SSSR count). The molecule has 0 saturated heterocycles. The van der Waals surface area contributed by atoms with Gasteiger partial charge in [-0.2, -0.15) is 0 Å². The molecule has 0 atom stereocenters. The Balaban J connectivity index is 3.09. The SMILES string of the molecule is Cn1c(=O)n(C)c2ncccc21. The Labute approximate surface area is 69.1 Å². The molecule has 62 valence electrons. The summed E-state index contributed by atoms with van der Waals surface area (Å²) >= 11 is 0. The zero-order valence-corrected chi connectivity index (χ0v) is 6.98. The minimum absolute atomic E-state index is 0.0382. The van der Waals surface area contributed by atoms with Gasteiger partial charge in [-0.15, -0.1) is 0 Å². The van der Waals surface area contributed by atoms with Crippen molar-refractivity contribution in [1.82, 2.24) is 14.1 Å². The second kappa shape index (κ2) is 2.20. The number of hydrogen-bond donors (Lipinski definition) is 0. The lowest BCUT2D eigenvalue weighted by atomic mass is 10.4. The molecule has 0 unspecified atom stereocenters. The van der Waals surface area contributed by atoms with E-state index in [1.807, 2.05) is 12.1 Å². The molecule has 2 aromatic rings. The molecule has 0 spiro atoms. The highest BCUT2D eigenvalue weighted by atomic mass is 16.1. The summed E-state index contributed by atoms with van der Waals surface area (Å²) in [6, 6.07) is 3.70. The number of hydrogen-bond acceptors (Lipinski definition) is 2. The Morgan fingerprint density at radius 3 is 2.75 bits per heavy atom. The summed E-state index contributed by atoms with van der Waals surface area (Å²) in [7, 11) is 3.46. The predicted octanol–water partition coefficient (Wildman–Crippen LogP) is 0.272. The van der Waals surface area contributed by atoms with Crippen LogP contribution in [-0.4, -0.2) is 14.1 Å². The van der Waals surface area contributed by atoms with Gasteiger partial charge in [-0.1, -0.05) is 0 Å². The summed E-state index contributed by atoms with van der Waals surface area (Å²) in [5, 5.41) is 0. The van der Waals surface area contributed by atoms with E-state index in [4.69, 9.17) is 0 Å². The maximum atomic E-state index is 11.4. The summed E-state index contributed by atoms with van der Waals surface area (Å²) in [4.78, 5) is 15.5. The highest BCUT2D eigenvalue weighted by Crippen LogP contribution is 2.05. The van der Waals surface area contributed by atoms with Crippen LogP contribution in [0.3, 0.4) is 0 Å². The first kappa shape index (κ1) is 7.09. The van der Waals surface area contributed by atoms with Crippen molar-refractivity contribution in [3.63, 3.8) is 0 Å². The molecular formula is C8H9N3O. The normalized spacial score (nSPS) is 10.8. The van der Waals surface area contributed by atoms with Crippen LogP contribution >= 0.6 is 0 Å². The molecule has 2 aromatic heterocycles. The van der Waals surface area contributed by atoms with Crippen LogP contribution in [0.1, 0.15) is 0 Å². The molecule has 0 aliphatic heterocycles. The van der Waals surface area contributed by atoms with Crippen molar-refractivity contribution < 1.29 is 0 Å². The maximum Gasteiger partial charge on any atom is 0.329 e. The van der Waals surface area contributed by atoms with Crippen molar-refractivity contribution in [1.29, 1.82) is 0 Å². The lowest BCUT2D eigenvalue weighted by Crippen LogP contribution is -2.19. The number of nitrogens with zero attached hydrogens (tertiary/aromatic N) is 3. The second-order valence-corrected chi connectivity index (χ2v) is 2.75. The van der Waals surface area contributed by atoms with E-state index in [9.17, 15) is 4.79 Å². The molecule has 2 heterocycles. The van der Waals surface area contributed by atoms with Gasteiger partial charge in [0.25, 0.3) is 0 Å². The van der Waals surface area contributed by atoms with Gasteiger partial charge in [-0.3, -0.25) is 9.13 Å². The molecule has 0 fully saturated rings. The summed E-state index contributed by atoms with van der Waals surface area (Å²) in [5.74, 6) is 0. The molecular weight excluding hydrogens is 154 g/mol. The average molecular weight is 163 g/mol. The van der Waals surface area contributed by atoms with Crippen molar-refractivity contribution in [2.24, 2.45) is 14.1 Å². The van der Waals surface area contributed by atoms with Gasteiger partial charge >= 0.3 is 5.69 Å². The monoisotopic (exact) mass is 163 g/mol. The first-order chi connectivity index (χ1) is 5.72. The topological polar surface area (TPSA) is 39.8 Å². The van der Waals surface area contributed by atoms with Crippen LogP contribution in [0.4, 0.5) is 0 Å². The Kier molecular flexibility index (Phi) is 1.30. The van der Waals surface area contributed by atoms with E-state index in [1.54, 1.807) is 24.9 Å².